The Morgan fingerprint density at radius 3 is 3.07 bits per heavy atom. The molecular weight excluding hydrogens is 184 g/mol. The first kappa shape index (κ1) is 10.8. The Morgan fingerprint density at radius 1 is 1.71 bits per heavy atom. The molecule has 0 aliphatic heterocycles. The van der Waals surface area contributed by atoms with Crippen LogP contribution < -0.4 is 0 Å². The van der Waals surface area contributed by atoms with Crippen LogP contribution in [-0.4, -0.2) is 17.7 Å². The molecule has 1 aromatic rings. The lowest BCUT2D eigenvalue weighted by Gasteiger charge is -2.06. The highest BCUT2D eigenvalue weighted by Gasteiger charge is 2.15. The first-order valence-electron chi connectivity index (χ1n) is 4.61. The fourth-order valence-electron chi connectivity index (χ4n) is 1.01. The van der Waals surface area contributed by atoms with E-state index in [1.165, 1.54) is 6.26 Å². The van der Waals surface area contributed by atoms with Crippen molar-refractivity contribution in [3.8, 4) is 0 Å². The molecule has 1 atom stereocenters. The SMILES string of the molecule is CCCOC(=O)CC(O)c1ccco1. The molecule has 4 nitrogen and oxygen atoms in total. The van der Waals surface area contributed by atoms with E-state index in [9.17, 15) is 9.90 Å². The number of rotatable bonds is 5. The Kier molecular flexibility index (Phi) is 4.19. The quantitative estimate of drug-likeness (QED) is 0.731. The van der Waals surface area contributed by atoms with Crippen LogP contribution in [0.4, 0.5) is 0 Å². The summed E-state index contributed by atoms with van der Waals surface area (Å²) in [7, 11) is 0. The van der Waals surface area contributed by atoms with Gasteiger partial charge in [-0.1, -0.05) is 6.92 Å². The van der Waals surface area contributed by atoms with Gasteiger partial charge in [0.2, 0.25) is 0 Å². The van der Waals surface area contributed by atoms with E-state index in [2.05, 4.69) is 0 Å². The third kappa shape index (κ3) is 3.22. The van der Waals surface area contributed by atoms with Gasteiger partial charge < -0.3 is 14.3 Å². The maximum atomic E-state index is 11.1. The molecule has 14 heavy (non-hydrogen) atoms. The molecule has 0 aliphatic carbocycles. The van der Waals surface area contributed by atoms with Gasteiger partial charge >= 0.3 is 5.97 Å². The van der Waals surface area contributed by atoms with Gasteiger partial charge in [0.1, 0.15) is 11.9 Å². The smallest absolute Gasteiger partial charge is 0.308 e. The summed E-state index contributed by atoms with van der Waals surface area (Å²) in [6.07, 6.45) is 1.26. The second-order valence-electron chi connectivity index (χ2n) is 2.96. The zero-order valence-corrected chi connectivity index (χ0v) is 8.10. The van der Waals surface area contributed by atoms with Crippen LogP contribution in [0, 0.1) is 0 Å². The Bertz CT molecular complexity index is 266. The molecule has 0 saturated heterocycles. The standard InChI is InChI=1S/C10H14O4/c1-2-5-14-10(12)7-8(11)9-4-3-6-13-9/h3-4,6,8,11H,2,5,7H2,1H3. The zero-order valence-electron chi connectivity index (χ0n) is 8.10. The Hall–Kier alpha value is -1.29. The molecule has 1 unspecified atom stereocenters. The van der Waals surface area contributed by atoms with Crippen molar-refractivity contribution in [2.45, 2.75) is 25.9 Å². The lowest BCUT2D eigenvalue weighted by Crippen LogP contribution is -2.10. The average molecular weight is 198 g/mol. The van der Waals surface area contributed by atoms with Crippen LogP contribution in [0.5, 0.6) is 0 Å². The van der Waals surface area contributed by atoms with Crippen molar-refractivity contribution in [3.05, 3.63) is 24.2 Å². The van der Waals surface area contributed by atoms with E-state index in [1.54, 1.807) is 12.1 Å². The first-order valence-corrected chi connectivity index (χ1v) is 4.61. The molecule has 0 radical (unpaired) electrons. The van der Waals surface area contributed by atoms with Crippen LogP contribution in [0.2, 0.25) is 0 Å². The van der Waals surface area contributed by atoms with Crippen molar-refractivity contribution in [2.24, 2.45) is 0 Å². The Balaban J connectivity index is 2.33. The van der Waals surface area contributed by atoms with Gasteiger partial charge in [0, 0.05) is 0 Å². The molecule has 0 fully saturated rings. The molecule has 1 rings (SSSR count). The van der Waals surface area contributed by atoms with Crippen LogP contribution in [0.3, 0.4) is 0 Å². The van der Waals surface area contributed by atoms with Crippen molar-refractivity contribution in [1.29, 1.82) is 0 Å². The topological polar surface area (TPSA) is 59.7 Å². The lowest BCUT2D eigenvalue weighted by molar-refractivity contribution is -0.146. The number of hydrogen-bond donors (Lipinski definition) is 1. The normalized spacial score (nSPS) is 12.4. The van der Waals surface area contributed by atoms with E-state index in [1.807, 2.05) is 6.92 Å². The average Bonchev–Trinajstić information content (AvgIpc) is 2.67. The van der Waals surface area contributed by atoms with Crippen LogP contribution in [0.15, 0.2) is 22.8 Å². The van der Waals surface area contributed by atoms with Gasteiger partial charge in [-0.15, -0.1) is 0 Å². The predicted molar refractivity (Wildman–Crippen MR) is 49.5 cm³/mol. The molecule has 0 spiro atoms. The second kappa shape index (κ2) is 5.44. The molecule has 0 aromatic carbocycles. The van der Waals surface area contributed by atoms with Gasteiger partial charge in [0.25, 0.3) is 0 Å². The number of furan rings is 1. The van der Waals surface area contributed by atoms with Gasteiger partial charge in [-0.3, -0.25) is 4.79 Å². The summed E-state index contributed by atoms with van der Waals surface area (Å²) in [5.74, 6) is -0.0193. The highest BCUT2D eigenvalue weighted by Crippen LogP contribution is 2.16. The van der Waals surface area contributed by atoms with Crippen molar-refractivity contribution < 1.29 is 19.1 Å². The van der Waals surface area contributed by atoms with Crippen LogP contribution in [0.1, 0.15) is 31.6 Å². The van der Waals surface area contributed by atoms with E-state index in [-0.39, 0.29) is 6.42 Å². The second-order valence-corrected chi connectivity index (χ2v) is 2.96. The van der Waals surface area contributed by atoms with Crippen LogP contribution in [0.25, 0.3) is 0 Å². The van der Waals surface area contributed by atoms with Crippen molar-refractivity contribution in [3.63, 3.8) is 0 Å². The van der Waals surface area contributed by atoms with E-state index in [4.69, 9.17) is 9.15 Å². The molecule has 0 aliphatic rings. The molecule has 0 saturated carbocycles. The minimum absolute atomic E-state index is 0.0620. The molecule has 1 heterocycles. The number of aliphatic hydroxyl groups is 1. The van der Waals surface area contributed by atoms with Gasteiger partial charge in [-0.2, -0.15) is 0 Å². The Morgan fingerprint density at radius 2 is 2.50 bits per heavy atom. The highest BCUT2D eigenvalue weighted by molar-refractivity contribution is 5.70. The van der Waals surface area contributed by atoms with Crippen LogP contribution >= 0.6 is 0 Å². The zero-order chi connectivity index (χ0) is 10.4. The third-order valence-corrected chi connectivity index (χ3v) is 1.70. The van der Waals surface area contributed by atoms with E-state index >= 15 is 0 Å². The van der Waals surface area contributed by atoms with Gasteiger partial charge in [-0.25, -0.2) is 0 Å². The molecule has 4 heteroatoms. The maximum absolute atomic E-state index is 11.1. The number of aliphatic hydroxyl groups excluding tert-OH is 1. The summed E-state index contributed by atoms with van der Waals surface area (Å²) in [4.78, 5) is 11.1. The minimum Gasteiger partial charge on any atom is -0.467 e. The minimum atomic E-state index is -0.908. The van der Waals surface area contributed by atoms with Crippen molar-refractivity contribution in [2.75, 3.05) is 6.61 Å². The molecular formula is C10H14O4. The van der Waals surface area contributed by atoms with Gasteiger partial charge in [0.05, 0.1) is 19.3 Å². The summed E-state index contributed by atoms with van der Waals surface area (Å²) < 4.78 is 9.76. The maximum Gasteiger partial charge on any atom is 0.308 e. The molecule has 1 N–H and O–H groups in total. The van der Waals surface area contributed by atoms with Gasteiger partial charge in [0.15, 0.2) is 0 Å². The predicted octanol–water partition coefficient (Wildman–Crippen LogP) is 1.66. The van der Waals surface area contributed by atoms with Crippen LogP contribution in [-0.2, 0) is 9.53 Å². The summed E-state index contributed by atoms with van der Waals surface area (Å²) in [6, 6.07) is 3.29. The van der Waals surface area contributed by atoms with E-state index in [0.29, 0.717) is 12.4 Å². The number of carbonyl (C=O) groups is 1. The molecule has 1 aromatic heterocycles. The third-order valence-electron chi connectivity index (χ3n) is 1.70. The first-order chi connectivity index (χ1) is 6.74. The lowest BCUT2D eigenvalue weighted by atomic mass is 10.2. The van der Waals surface area contributed by atoms with E-state index in [0.717, 1.165) is 6.42 Å². The van der Waals surface area contributed by atoms with Gasteiger partial charge in [-0.05, 0) is 18.6 Å². The monoisotopic (exact) mass is 198 g/mol. The Labute approximate surface area is 82.5 Å². The number of ether oxygens (including phenoxy) is 1. The molecule has 0 amide bonds. The number of hydrogen-bond acceptors (Lipinski definition) is 4. The summed E-state index contributed by atoms with van der Waals surface area (Å²) in [5, 5.41) is 9.48. The largest absolute Gasteiger partial charge is 0.467 e. The fraction of sp³-hybridized carbons (Fsp3) is 0.500. The van der Waals surface area contributed by atoms with E-state index < -0.39 is 12.1 Å². The van der Waals surface area contributed by atoms with Crippen molar-refractivity contribution in [1.82, 2.24) is 0 Å². The fourth-order valence-corrected chi connectivity index (χ4v) is 1.01. The van der Waals surface area contributed by atoms with Crippen molar-refractivity contribution >= 4 is 5.97 Å². The molecule has 78 valence electrons. The number of carbonyl (C=O) groups excluding carboxylic acids is 1. The highest BCUT2D eigenvalue weighted by atomic mass is 16.5. The molecule has 0 bridgehead atoms. The summed E-state index contributed by atoms with van der Waals surface area (Å²) in [6.45, 7) is 2.31. The summed E-state index contributed by atoms with van der Waals surface area (Å²) in [5.41, 5.74) is 0. The summed E-state index contributed by atoms with van der Waals surface area (Å²) >= 11 is 0. The number of esters is 1.